The Bertz CT molecular complexity index is 880. The van der Waals surface area contributed by atoms with Gasteiger partial charge in [0.2, 0.25) is 11.1 Å². The molecule has 2 aromatic rings. The van der Waals surface area contributed by atoms with Crippen LogP contribution in [0.5, 0.6) is 0 Å². The maximum Gasteiger partial charge on any atom is 0.362 e. The van der Waals surface area contributed by atoms with Gasteiger partial charge < -0.3 is 4.74 Å². The molecule has 0 aliphatic heterocycles. The quantitative estimate of drug-likeness (QED) is 0.559. The molecule has 2 rings (SSSR count). The van der Waals surface area contributed by atoms with Crippen molar-refractivity contribution >= 4 is 17.5 Å². The molecule has 7 heteroatoms. The van der Waals surface area contributed by atoms with Gasteiger partial charge in [0.15, 0.2) is 11.6 Å². The molecule has 0 spiro atoms. The first kappa shape index (κ1) is 19.2. The number of hydrogen-bond donors (Lipinski definition) is 0. The molecule has 0 aliphatic rings. The van der Waals surface area contributed by atoms with Crippen molar-refractivity contribution in [1.82, 2.24) is 9.78 Å². The molecule has 7 nitrogen and oxygen atoms in total. The van der Waals surface area contributed by atoms with Crippen LogP contribution in [0.2, 0.25) is 0 Å². The molecule has 0 saturated heterocycles. The van der Waals surface area contributed by atoms with Crippen LogP contribution >= 0.6 is 0 Å². The van der Waals surface area contributed by atoms with Gasteiger partial charge in [-0.05, 0) is 25.1 Å². The molecular formula is C19H20N2O5. The molecule has 0 saturated carbocycles. The number of Topliss-reactive ketones (excluding diaryl/α,β-unsaturated/α-hetero) is 2. The SMILES string of the molecule is CCOC(=O)c1nn(-c2cc(C(=O)CC)cc(C(=O)CC)c2)ccc1=O. The number of ketones is 2. The van der Waals surface area contributed by atoms with Crippen LogP contribution in [0.1, 0.15) is 64.8 Å². The van der Waals surface area contributed by atoms with E-state index in [4.69, 9.17) is 4.74 Å². The number of benzene rings is 1. The van der Waals surface area contributed by atoms with Crippen LogP contribution in [0.3, 0.4) is 0 Å². The molecule has 0 N–H and O–H groups in total. The minimum Gasteiger partial charge on any atom is -0.461 e. The number of esters is 1. The van der Waals surface area contributed by atoms with Crippen LogP contribution in [-0.4, -0.2) is 33.9 Å². The lowest BCUT2D eigenvalue weighted by Crippen LogP contribution is -2.22. The molecular weight excluding hydrogens is 336 g/mol. The van der Waals surface area contributed by atoms with Crippen molar-refractivity contribution in [2.45, 2.75) is 33.6 Å². The molecule has 0 unspecified atom stereocenters. The number of rotatable bonds is 7. The number of nitrogens with zero attached hydrogens (tertiary/aromatic N) is 2. The summed E-state index contributed by atoms with van der Waals surface area (Å²) in [7, 11) is 0. The van der Waals surface area contributed by atoms with Gasteiger partial charge in [0.05, 0.1) is 12.3 Å². The van der Waals surface area contributed by atoms with E-state index in [9.17, 15) is 19.2 Å². The van der Waals surface area contributed by atoms with E-state index >= 15 is 0 Å². The zero-order valence-corrected chi connectivity index (χ0v) is 14.9. The lowest BCUT2D eigenvalue weighted by atomic mass is 10.0. The molecule has 26 heavy (non-hydrogen) atoms. The molecule has 0 amide bonds. The standard InChI is InChI=1S/C19H20N2O5/c1-4-15(22)12-9-13(16(23)5-2)11-14(10-12)21-8-7-17(24)18(20-21)19(25)26-6-3/h7-11H,4-6H2,1-3H3. The average molecular weight is 356 g/mol. The van der Waals surface area contributed by atoms with Crippen molar-refractivity contribution in [2.75, 3.05) is 6.61 Å². The summed E-state index contributed by atoms with van der Waals surface area (Å²) in [6.07, 6.45) is 1.95. The molecule has 1 aromatic carbocycles. The largest absolute Gasteiger partial charge is 0.461 e. The highest BCUT2D eigenvalue weighted by Gasteiger charge is 2.16. The first-order valence-corrected chi connectivity index (χ1v) is 8.40. The lowest BCUT2D eigenvalue weighted by Gasteiger charge is -2.11. The Hall–Kier alpha value is -3.09. The Morgan fingerprint density at radius 1 is 1.00 bits per heavy atom. The monoisotopic (exact) mass is 356 g/mol. The molecule has 0 radical (unpaired) electrons. The highest BCUT2D eigenvalue weighted by Crippen LogP contribution is 2.17. The van der Waals surface area contributed by atoms with Crippen LogP contribution < -0.4 is 5.43 Å². The number of carbonyl (C=O) groups excluding carboxylic acids is 3. The third kappa shape index (κ3) is 4.11. The van der Waals surface area contributed by atoms with Crippen LogP contribution in [0, 0.1) is 0 Å². The number of ether oxygens (including phenoxy) is 1. The number of aromatic nitrogens is 2. The van der Waals surface area contributed by atoms with Crippen LogP contribution in [0.15, 0.2) is 35.3 Å². The molecule has 0 fully saturated rings. The number of carbonyl (C=O) groups is 3. The molecule has 136 valence electrons. The second-order valence-electron chi connectivity index (χ2n) is 5.52. The minimum absolute atomic E-state index is 0.116. The normalized spacial score (nSPS) is 10.4. The van der Waals surface area contributed by atoms with Crippen molar-refractivity contribution < 1.29 is 19.1 Å². The summed E-state index contributed by atoms with van der Waals surface area (Å²) >= 11 is 0. The van der Waals surface area contributed by atoms with Crippen molar-refractivity contribution in [1.29, 1.82) is 0 Å². The van der Waals surface area contributed by atoms with E-state index in [1.807, 2.05) is 0 Å². The van der Waals surface area contributed by atoms with Gasteiger partial charge in [0.1, 0.15) is 0 Å². The molecule has 0 bridgehead atoms. The Morgan fingerprint density at radius 2 is 1.58 bits per heavy atom. The maximum atomic E-state index is 12.1. The second kappa shape index (κ2) is 8.33. The Balaban J connectivity index is 2.62. The van der Waals surface area contributed by atoms with Crippen molar-refractivity contribution in [3.05, 3.63) is 57.5 Å². The van der Waals surface area contributed by atoms with E-state index < -0.39 is 11.4 Å². The Kier molecular flexibility index (Phi) is 6.16. The van der Waals surface area contributed by atoms with Crippen molar-refractivity contribution in [3.63, 3.8) is 0 Å². The van der Waals surface area contributed by atoms with E-state index in [-0.39, 0.29) is 36.7 Å². The van der Waals surface area contributed by atoms with Gasteiger partial charge in [-0.3, -0.25) is 14.4 Å². The van der Waals surface area contributed by atoms with Crippen molar-refractivity contribution in [3.8, 4) is 5.69 Å². The van der Waals surface area contributed by atoms with Gasteiger partial charge in [-0.1, -0.05) is 13.8 Å². The predicted octanol–water partition coefficient (Wildman–Crippen LogP) is 2.59. The van der Waals surface area contributed by atoms with Crippen LogP contribution in [-0.2, 0) is 4.74 Å². The van der Waals surface area contributed by atoms with Gasteiger partial charge in [-0.15, -0.1) is 0 Å². The minimum atomic E-state index is -0.822. The summed E-state index contributed by atoms with van der Waals surface area (Å²) in [6, 6.07) is 5.89. The molecule has 0 atom stereocenters. The Labute approximate surface area is 150 Å². The highest BCUT2D eigenvalue weighted by molar-refractivity contribution is 6.02. The lowest BCUT2D eigenvalue weighted by molar-refractivity contribution is 0.0515. The first-order valence-electron chi connectivity index (χ1n) is 8.40. The van der Waals surface area contributed by atoms with Gasteiger partial charge in [0.25, 0.3) is 0 Å². The van der Waals surface area contributed by atoms with E-state index in [1.54, 1.807) is 39.0 Å². The summed E-state index contributed by atoms with van der Waals surface area (Å²) < 4.78 is 6.12. The fraction of sp³-hybridized carbons (Fsp3) is 0.316. The van der Waals surface area contributed by atoms with Gasteiger partial charge in [-0.2, -0.15) is 5.10 Å². The predicted molar refractivity (Wildman–Crippen MR) is 95.0 cm³/mol. The third-order valence-electron chi connectivity index (χ3n) is 3.75. The van der Waals surface area contributed by atoms with E-state index in [2.05, 4.69) is 5.10 Å². The number of hydrogen-bond acceptors (Lipinski definition) is 6. The average Bonchev–Trinajstić information content (AvgIpc) is 2.66. The molecule has 1 aromatic heterocycles. The summed E-state index contributed by atoms with van der Waals surface area (Å²) in [5.41, 5.74) is 0.238. The highest BCUT2D eigenvalue weighted by atomic mass is 16.5. The fourth-order valence-electron chi connectivity index (χ4n) is 2.37. The van der Waals surface area contributed by atoms with E-state index in [0.717, 1.165) is 0 Å². The topological polar surface area (TPSA) is 95.3 Å². The summed E-state index contributed by atoms with van der Waals surface area (Å²) in [4.78, 5) is 48.0. The Morgan fingerprint density at radius 3 is 2.08 bits per heavy atom. The summed E-state index contributed by atoms with van der Waals surface area (Å²) in [6.45, 7) is 5.20. The molecule has 0 aliphatic carbocycles. The van der Waals surface area contributed by atoms with Gasteiger partial charge in [0, 0.05) is 36.2 Å². The van der Waals surface area contributed by atoms with Crippen molar-refractivity contribution in [2.24, 2.45) is 0 Å². The van der Waals surface area contributed by atoms with Crippen LogP contribution in [0.4, 0.5) is 0 Å². The zero-order chi connectivity index (χ0) is 19.3. The van der Waals surface area contributed by atoms with Crippen LogP contribution in [0.25, 0.3) is 5.69 Å². The molecule has 1 heterocycles. The van der Waals surface area contributed by atoms with E-state index in [1.165, 1.54) is 16.9 Å². The van der Waals surface area contributed by atoms with E-state index in [0.29, 0.717) is 16.8 Å². The first-order chi connectivity index (χ1) is 12.4. The zero-order valence-electron chi connectivity index (χ0n) is 14.9. The second-order valence-corrected chi connectivity index (χ2v) is 5.52. The fourth-order valence-corrected chi connectivity index (χ4v) is 2.37. The maximum absolute atomic E-state index is 12.1. The summed E-state index contributed by atoms with van der Waals surface area (Å²) in [5, 5.41) is 4.02. The van der Waals surface area contributed by atoms with Gasteiger partial charge >= 0.3 is 5.97 Å². The smallest absolute Gasteiger partial charge is 0.362 e. The summed E-state index contributed by atoms with van der Waals surface area (Å²) in [5.74, 6) is -1.06. The third-order valence-corrected chi connectivity index (χ3v) is 3.75. The van der Waals surface area contributed by atoms with Gasteiger partial charge in [-0.25, -0.2) is 9.48 Å².